The van der Waals surface area contributed by atoms with E-state index < -0.39 is 0 Å². The van der Waals surface area contributed by atoms with Crippen LogP contribution in [0.15, 0.2) is 42.5 Å². The van der Waals surface area contributed by atoms with E-state index in [2.05, 4.69) is 0 Å². The molecule has 0 amide bonds. The Bertz CT molecular complexity index is 630. The van der Waals surface area contributed by atoms with Crippen molar-refractivity contribution in [2.45, 2.75) is 18.9 Å². The van der Waals surface area contributed by atoms with Crippen LogP contribution in [0.5, 0.6) is 11.5 Å². The van der Waals surface area contributed by atoms with Crippen LogP contribution < -0.4 is 15.2 Å². The van der Waals surface area contributed by atoms with E-state index in [-0.39, 0.29) is 11.9 Å². The fourth-order valence-electron chi connectivity index (χ4n) is 2.54. The molecule has 0 fully saturated rings. The zero-order chi connectivity index (χ0) is 14.7. The third-order valence-electron chi connectivity index (χ3n) is 3.54. The maximum absolute atomic E-state index is 13.6. The Morgan fingerprint density at radius 3 is 2.57 bits per heavy atom. The number of hydrogen-bond donors (Lipinski definition) is 1. The largest absolute Gasteiger partial charge is 0.486 e. The molecule has 1 aliphatic rings. The Kier molecular flexibility index (Phi) is 4.06. The Morgan fingerprint density at radius 2 is 1.76 bits per heavy atom. The van der Waals surface area contributed by atoms with E-state index in [1.165, 1.54) is 6.07 Å². The van der Waals surface area contributed by atoms with E-state index in [4.69, 9.17) is 15.2 Å². The summed E-state index contributed by atoms with van der Waals surface area (Å²) in [4.78, 5) is 0. The Hall–Kier alpha value is -2.07. The summed E-state index contributed by atoms with van der Waals surface area (Å²) in [6, 6.07) is 12.5. The second kappa shape index (κ2) is 6.14. The van der Waals surface area contributed by atoms with Gasteiger partial charge < -0.3 is 15.2 Å². The molecular weight excluding hydrogens is 269 g/mol. The summed E-state index contributed by atoms with van der Waals surface area (Å²) in [6.45, 7) is 1.15. The van der Waals surface area contributed by atoms with Crippen LogP contribution in [-0.2, 0) is 12.8 Å². The van der Waals surface area contributed by atoms with Gasteiger partial charge in [-0.15, -0.1) is 0 Å². The van der Waals surface area contributed by atoms with E-state index in [1.54, 1.807) is 12.1 Å². The molecule has 0 spiro atoms. The fourth-order valence-corrected chi connectivity index (χ4v) is 2.54. The summed E-state index contributed by atoms with van der Waals surface area (Å²) in [5, 5.41) is 0. The highest BCUT2D eigenvalue weighted by atomic mass is 19.1. The first-order valence-corrected chi connectivity index (χ1v) is 7.10. The summed E-state index contributed by atoms with van der Waals surface area (Å²) in [5.74, 6) is 1.33. The summed E-state index contributed by atoms with van der Waals surface area (Å²) >= 11 is 0. The highest BCUT2D eigenvalue weighted by Crippen LogP contribution is 2.31. The van der Waals surface area contributed by atoms with Crippen molar-refractivity contribution in [1.82, 2.24) is 0 Å². The standard InChI is InChI=1S/C17H18FNO2/c18-15-4-2-1-3-13(15)11-14(19)9-12-5-6-16-17(10-12)21-8-7-20-16/h1-6,10,14H,7-9,11,19H2. The van der Waals surface area contributed by atoms with Gasteiger partial charge in [0.05, 0.1) is 0 Å². The molecule has 110 valence electrons. The van der Waals surface area contributed by atoms with Crippen molar-refractivity contribution in [2.75, 3.05) is 13.2 Å². The Labute approximate surface area is 123 Å². The van der Waals surface area contributed by atoms with Crippen molar-refractivity contribution in [3.8, 4) is 11.5 Å². The molecule has 2 N–H and O–H groups in total. The summed E-state index contributed by atoms with van der Waals surface area (Å²) in [5.41, 5.74) is 7.87. The molecule has 0 saturated carbocycles. The first-order chi connectivity index (χ1) is 10.2. The smallest absolute Gasteiger partial charge is 0.161 e. The lowest BCUT2D eigenvalue weighted by atomic mass is 9.99. The van der Waals surface area contributed by atoms with Gasteiger partial charge >= 0.3 is 0 Å². The predicted octanol–water partition coefficient (Wildman–Crippen LogP) is 2.71. The molecule has 1 heterocycles. The maximum Gasteiger partial charge on any atom is 0.161 e. The Balaban J connectivity index is 1.67. The molecule has 4 heteroatoms. The van der Waals surface area contributed by atoms with Crippen LogP contribution in [0, 0.1) is 5.82 Å². The van der Waals surface area contributed by atoms with Crippen molar-refractivity contribution >= 4 is 0 Å². The summed E-state index contributed by atoms with van der Waals surface area (Å²) < 4.78 is 24.7. The molecule has 0 saturated heterocycles. The van der Waals surface area contributed by atoms with Gasteiger partial charge in [-0.3, -0.25) is 0 Å². The molecule has 3 rings (SSSR count). The number of hydrogen-bond acceptors (Lipinski definition) is 3. The van der Waals surface area contributed by atoms with Crippen LogP contribution in [0.3, 0.4) is 0 Å². The molecule has 2 aromatic carbocycles. The van der Waals surface area contributed by atoms with Gasteiger partial charge in [-0.25, -0.2) is 4.39 Å². The number of halogens is 1. The van der Waals surface area contributed by atoms with E-state index in [9.17, 15) is 4.39 Å². The number of fused-ring (bicyclic) bond motifs is 1. The fraction of sp³-hybridized carbons (Fsp3) is 0.294. The average Bonchev–Trinajstić information content (AvgIpc) is 2.49. The third-order valence-corrected chi connectivity index (χ3v) is 3.54. The molecule has 3 nitrogen and oxygen atoms in total. The van der Waals surface area contributed by atoms with E-state index in [0.717, 1.165) is 17.1 Å². The van der Waals surface area contributed by atoms with Gasteiger partial charge in [0.25, 0.3) is 0 Å². The number of ether oxygens (including phenoxy) is 2. The molecule has 1 aliphatic heterocycles. The lowest BCUT2D eigenvalue weighted by Crippen LogP contribution is -2.26. The minimum absolute atomic E-state index is 0.135. The molecule has 0 bridgehead atoms. The molecule has 1 unspecified atom stereocenters. The van der Waals surface area contributed by atoms with Crippen molar-refractivity contribution < 1.29 is 13.9 Å². The molecule has 0 aliphatic carbocycles. The van der Waals surface area contributed by atoms with Crippen LogP contribution in [-0.4, -0.2) is 19.3 Å². The van der Waals surface area contributed by atoms with E-state index >= 15 is 0 Å². The van der Waals surface area contributed by atoms with Gasteiger partial charge in [0.15, 0.2) is 11.5 Å². The topological polar surface area (TPSA) is 44.5 Å². The molecule has 2 aromatic rings. The predicted molar refractivity (Wildman–Crippen MR) is 79.2 cm³/mol. The first kappa shape index (κ1) is 13.9. The van der Waals surface area contributed by atoms with Crippen molar-refractivity contribution in [2.24, 2.45) is 5.73 Å². The highest BCUT2D eigenvalue weighted by Gasteiger charge is 2.14. The zero-order valence-corrected chi connectivity index (χ0v) is 11.7. The quantitative estimate of drug-likeness (QED) is 0.940. The van der Waals surface area contributed by atoms with Crippen molar-refractivity contribution in [3.05, 3.63) is 59.4 Å². The van der Waals surface area contributed by atoms with E-state index in [0.29, 0.717) is 31.6 Å². The van der Waals surface area contributed by atoms with Gasteiger partial charge in [-0.05, 0) is 42.2 Å². The zero-order valence-electron chi connectivity index (χ0n) is 11.7. The minimum Gasteiger partial charge on any atom is -0.486 e. The lowest BCUT2D eigenvalue weighted by Gasteiger charge is -2.19. The van der Waals surface area contributed by atoms with Gasteiger partial charge in [-0.1, -0.05) is 24.3 Å². The highest BCUT2D eigenvalue weighted by molar-refractivity contribution is 5.44. The normalized spacial score (nSPS) is 14.8. The van der Waals surface area contributed by atoms with Crippen molar-refractivity contribution in [1.29, 1.82) is 0 Å². The van der Waals surface area contributed by atoms with Crippen LogP contribution in [0.1, 0.15) is 11.1 Å². The van der Waals surface area contributed by atoms with Gasteiger partial charge in [0, 0.05) is 6.04 Å². The molecule has 1 atom stereocenters. The number of rotatable bonds is 4. The van der Waals surface area contributed by atoms with E-state index in [1.807, 2.05) is 24.3 Å². The Morgan fingerprint density at radius 1 is 1.00 bits per heavy atom. The number of benzene rings is 2. The molecule has 0 radical (unpaired) electrons. The monoisotopic (exact) mass is 287 g/mol. The van der Waals surface area contributed by atoms with Crippen LogP contribution in [0.25, 0.3) is 0 Å². The summed E-state index contributed by atoms with van der Waals surface area (Å²) in [7, 11) is 0. The van der Waals surface area contributed by atoms with Gasteiger partial charge in [0.1, 0.15) is 19.0 Å². The third kappa shape index (κ3) is 3.34. The maximum atomic E-state index is 13.6. The molecule has 0 aromatic heterocycles. The minimum atomic E-state index is -0.199. The van der Waals surface area contributed by atoms with Gasteiger partial charge in [-0.2, -0.15) is 0 Å². The second-order valence-electron chi connectivity index (χ2n) is 5.24. The SMILES string of the molecule is NC(Cc1ccc2c(c1)OCCO2)Cc1ccccc1F. The van der Waals surface area contributed by atoms with Crippen LogP contribution in [0.4, 0.5) is 4.39 Å². The summed E-state index contributed by atoms with van der Waals surface area (Å²) in [6.07, 6.45) is 1.19. The number of nitrogens with two attached hydrogens (primary N) is 1. The van der Waals surface area contributed by atoms with Crippen LogP contribution in [0.2, 0.25) is 0 Å². The lowest BCUT2D eigenvalue weighted by molar-refractivity contribution is 0.171. The van der Waals surface area contributed by atoms with Crippen LogP contribution >= 0.6 is 0 Å². The van der Waals surface area contributed by atoms with Crippen molar-refractivity contribution in [3.63, 3.8) is 0 Å². The molecule has 21 heavy (non-hydrogen) atoms. The molecular formula is C17H18FNO2. The second-order valence-corrected chi connectivity index (χ2v) is 5.24. The average molecular weight is 287 g/mol. The first-order valence-electron chi connectivity index (χ1n) is 7.10. The van der Waals surface area contributed by atoms with Gasteiger partial charge in [0.2, 0.25) is 0 Å².